The predicted octanol–water partition coefficient (Wildman–Crippen LogP) is 3.80. The Morgan fingerprint density at radius 2 is 1.82 bits per heavy atom. The molecule has 5 rings (SSSR count). The molecule has 40 heavy (non-hydrogen) atoms. The van der Waals surface area contributed by atoms with Crippen LogP contribution in [0, 0.1) is 0 Å². The number of benzene rings is 1. The van der Waals surface area contributed by atoms with E-state index in [4.69, 9.17) is 26.3 Å². The summed E-state index contributed by atoms with van der Waals surface area (Å²) >= 11 is 6.97. The Morgan fingerprint density at radius 3 is 2.52 bits per heavy atom. The number of methoxy groups -OCH3 is 1. The molecule has 1 aromatic carbocycles. The molecular formula is C30H35ClN6O3. The molecule has 1 amide bonds. The Bertz CT molecular complexity index is 1520. The number of rotatable bonds is 11. The lowest BCUT2D eigenvalue weighted by Gasteiger charge is -2.14. The van der Waals surface area contributed by atoms with Crippen molar-refractivity contribution >= 4 is 28.5 Å². The molecule has 0 radical (unpaired) electrons. The molecule has 3 aromatic heterocycles. The Hall–Kier alpha value is -3.50. The number of pyridine rings is 2. The monoisotopic (exact) mass is 562 g/mol. The Morgan fingerprint density at radius 1 is 1.10 bits per heavy atom. The molecule has 9 nitrogen and oxygen atoms in total. The highest BCUT2D eigenvalue weighted by molar-refractivity contribution is 6.36. The van der Waals surface area contributed by atoms with Gasteiger partial charge in [-0.15, -0.1) is 0 Å². The molecule has 1 aliphatic heterocycles. The van der Waals surface area contributed by atoms with E-state index >= 15 is 0 Å². The van der Waals surface area contributed by atoms with E-state index in [0.29, 0.717) is 49.2 Å². The summed E-state index contributed by atoms with van der Waals surface area (Å²) in [6, 6.07) is 14.0. The van der Waals surface area contributed by atoms with E-state index in [-0.39, 0.29) is 11.9 Å². The number of amides is 1. The van der Waals surface area contributed by atoms with E-state index in [0.717, 1.165) is 45.4 Å². The van der Waals surface area contributed by atoms with Crippen LogP contribution in [0.1, 0.15) is 30.9 Å². The summed E-state index contributed by atoms with van der Waals surface area (Å²) in [5.74, 6) is 0.640. The van der Waals surface area contributed by atoms with Gasteiger partial charge in [0.05, 0.1) is 29.6 Å². The van der Waals surface area contributed by atoms with Crippen LogP contribution in [-0.4, -0.2) is 57.9 Å². The minimum absolute atomic E-state index is 0.110. The van der Waals surface area contributed by atoms with Gasteiger partial charge in [0, 0.05) is 74.0 Å². The topological polar surface area (TPSA) is 113 Å². The number of carbonyl (C=O) groups excluding carboxylic acids is 1. The van der Waals surface area contributed by atoms with Crippen LogP contribution < -0.4 is 20.7 Å². The highest BCUT2D eigenvalue weighted by atomic mass is 35.5. The van der Waals surface area contributed by atoms with Gasteiger partial charge in [0.15, 0.2) is 0 Å². The molecule has 1 fully saturated rings. The van der Waals surface area contributed by atoms with Crippen molar-refractivity contribution in [3.63, 3.8) is 0 Å². The summed E-state index contributed by atoms with van der Waals surface area (Å²) in [6.07, 6.45) is 3.10. The SMILES string of the molecule is COc1nc(-c2cccc(-c3ccc4c(CNC[C@H](C)O)cn(C)c4n3)c2Cl)ccc1CNC[C@@H]1CCC(=O)N1. The highest BCUT2D eigenvalue weighted by Crippen LogP contribution is 2.37. The number of fused-ring (bicyclic) bond motifs is 1. The predicted molar refractivity (Wildman–Crippen MR) is 157 cm³/mol. The maximum atomic E-state index is 11.4. The van der Waals surface area contributed by atoms with Gasteiger partial charge in [0.1, 0.15) is 5.65 Å². The first kappa shape index (κ1) is 28.0. The van der Waals surface area contributed by atoms with E-state index < -0.39 is 6.10 Å². The molecule has 0 bridgehead atoms. The fourth-order valence-corrected chi connectivity index (χ4v) is 5.43. The second kappa shape index (κ2) is 12.3. The third-order valence-corrected chi connectivity index (χ3v) is 7.54. The molecule has 10 heteroatoms. The van der Waals surface area contributed by atoms with Gasteiger partial charge in [-0.1, -0.05) is 35.9 Å². The van der Waals surface area contributed by atoms with E-state index in [2.05, 4.69) is 28.2 Å². The quantitative estimate of drug-likeness (QED) is 0.220. The van der Waals surface area contributed by atoms with Crippen LogP contribution >= 0.6 is 11.6 Å². The summed E-state index contributed by atoms with van der Waals surface area (Å²) in [5.41, 5.74) is 6.01. The number of aryl methyl sites for hydroxylation is 1. The smallest absolute Gasteiger partial charge is 0.220 e. The van der Waals surface area contributed by atoms with E-state index in [1.807, 2.05) is 48.0 Å². The zero-order valence-electron chi connectivity index (χ0n) is 23.0. The number of ether oxygens (including phenoxy) is 1. The van der Waals surface area contributed by atoms with Crippen LogP contribution in [0.2, 0.25) is 5.02 Å². The lowest BCUT2D eigenvalue weighted by molar-refractivity contribution is -0.119. The van der Waals surface area contributed by atoms with Crippen molar-refractivity contribution in [3.05, 3.63) is 64.8 Å². The lowest BCUT2D eigenvalue weighted by Crippen LogP contribution is -2.35. The number of nitrogens with zero attached hydrogens (tertiary/aromatic N) is 3. The van der Waals surface area contributed by atoms with E-state index in [1.54, 1.807) is 14.0 Å². The first-order chi connectivity index (χ1) is 19.3. The third-order valence-electron chi connectivity index (χ3n) is 7.13. The molecule has 1 aliphatic rings. The van der Waals surface area contributed by atoms with Crippen molar-refractivity contribution in [1.82, 2.24) is 30.5 Å². The zero-order valence-corrected chi connectivity index (χ0v) is 23.8. The summed E-state index contributed by atoms with van der Waals surface area (Å²) in [7, 11) is 3.59. The Balaban J connectivity index is 1.37. The summed E-state index contributed by atoms with van der Waals surface area (Å²) in [6.45, 7) is 4.22. The molecule has 0 saturated carbocycles. The maximum absolute atomic E-state index is 11.4. The largest absolute Gasteiger partial charge is 0.481 e. The van der Waals surface area contributed by atoms with Gasteiger partial charge in [-0.25, -0.2) is 9.97 Å². The first-order valence-electron chi connectivity index (χ1n) is 13.5. The third kappa shape index (κ3) is 6.13. The van der Waals surface area contributed by atoms with Gasteiger partial charge in [-0.3, -0.25) is 4.79 Å². The molecule has 4 heterocycles. The highest BCUT2D eigenvalue weighted by Gasteiger charge is 2.20. The van der Waals surface area contributed by atoms with Gasteiger partial charge in [0.25, 0.3) is 0 Å². The molecule has 0 unspecified atom stereocenters. The van der Waals surface area contributed by atoms with Gasteiger partial charge in [-0.2, -0.15) is 0 Å². The van der Waals surface area contributed by atoms with Crippen molar-refractivity contribution < 1.29 is 14.6 Å². The van der Waals surface area contributed by atoms with Crippen LogP contribution in [0.5, 0.6) is 5.88 Å². The summed E-state index contributed by atoms with van der Waals surface area (Å²) in [5, 5.41) is 20.8. The molecule has 0 aliphatic carbocycles. The minimum atomic E-state index is -0.399. The van der Waals surface area contributed by atoms with Gasteiger partial charge in [0.2, 0.25) is 11.8 Å². The minimum Gasteiger partial charge on any atom is -0.481 e. The molecule has 4 N–H and O–H groups in total. The lowest BCUT2D eigenvalue weighted by atomic mass is 10.0. The number of hydrogen-bond donors (Lipinski definition) is 4. The fourth-order valence-electron chi connectivity index (χ4n) is 5.11. The van der Waals surface area contributed by atoms with Crippen LogP contribution in [-0.2, 0) is 24.9 Å². The van der Waals surface area contributed by atoms with Gasteiger partial charge < -0.3 is 30.4 Å². The van der Waals surface area contributed by atoms with E-state index in [9.17, 15) is 9.90 Å². The molecule has 210 valence electrons. The van der Waals surface area contributed by atoms with Gasteiger partial charge in [-0.05, 0) is 37.1 Å². The van der Waals surface area contributed by atoms with Crippen LogP contribution in [0.15, 0.2) is 48.7 Å². The van der Waals surface area contributed by atoms with Crippen LogP contribution in [0.25, 0.3) is 33.5 Å². The second-order valence-electron chi connectivity index (χ2n) is 10.3. The number of hydrogen-bond acceptors (Lipinski definition) is 7. The number of aliphatic hydroxyl groups is 1. The van der Waals surface area contributed by atoms with E-state index in [1.165, 1.54) is 0 Å². The maximum Gasteiger partial charge on any atom is 0.220 e. The normalized spacial score (nSPS) is 15.9. The molecule has 2 atom stereocenters. The number of aliphatic hydroxyl groups excluding tert-OH is 1. The van der Waals surface area contributed by atoms with Crippen molar-refractivity contribution in [1.29, 1.82) is 0 Å². The molecular weight excluding hydrogens is 528 g/mol. The average molecular weight is 563 g/mol. The zero-order chi connectivity index (χ0) is 28.2. The average Bonchev–Trinajstić information content (AvgIpc) is 3.50. The Kier molecular flexibility index (Phi) is 8.66. The first-order valence-corrected chi connectivity index (χ1v) is 13.9. The molecule has 4 aromatic rings. The summed E-state index contributed by atoms with van der Waals surface area (Å²) < 4.78 is 7.62. The number of halogens is 1. The number of carbonyl (C=O) groups is 1. The standard InChI is InChI=1S/C30H35ClN6O3/c1-18(38)13-32-15-20-17-37(2)29-22(20)9-11-25(35-29)23-5-4-6-24(28(23)31)26-10-7-19(30(36-26)40-3)14-33-16-21-8-12-27(39)34-21/h4-7,9-11,17-18,21,32-33,38H,8,12-16H2,1-3H3,(H,34,39)/t18-,21-/m0/s1. The van der Waals surface area contributed by atoms with Gasteiger partial charge >= 0.3 is 0 Å². The van der Waals surface area contributed by atoms with Crippen LogP contribution in [0.4, 0.5) is 0 Å². The van der Waals surface area contributed by atoms with Crippen molar-refractivity contribution in [2.75, 3.05) is 20.2 Å². The van der Waals surface area contributed by atoms with Crippen molar-refractivity contribution in [2.45, 2.75) is 45.0 Å². The molecule has 0 spiro atoms. The fraction of sp³-hybridized carbons (Fsp3) is 0.367. The van der Waals surface area contributed by atoms with Crippen LogP contribution in [0.3, 0.4) is 0 Å². The second-order valence-corrected chi connectivity index (χ2v) is 10.7. The summed E-state index contributed by atoms with van der Waals surface area (Å²) in [4.78, 5) is 21.1. The Labute approximate surface area is 238 Å². The number of aromatic nitrogens is 3. The number of nitrogens with one attached hydrogen (secondary N) is 3. The molecule has 1 saturated heterocycles. The van der Waals surface area contributed by atoms with Crippen molar-refractivity contribution in [3.8, 4) is 28.4 Å². The van der Waals surface area contributed by atoms with Crippen molar-refractivity contribution in [2.24, 2.45) is 7.05 Å².